The van der Waals surface area contributed by atoms with Crippen LogP contribution in [0.15, 0.2) is 58.7 Å². The predicted octanol–water partition coefficient (Wildman–Crippen LogP) is 2.38. The van der Waals surface area contributed by atoms with E-state index >= 15 is 0 Å². The summed E-state index contributed by atoms with van der Waals surface area (Å²) in [5, 5.41) is 7.68. The molecule has 2 aromatic carbocycles. The Hall–Kier alpha value is -4.23. The van der Waals surface area contributed by atoms with Crippen LogP contribution >= 0.6 is 0 Å². The third-order valence-corrected chi connectivity index (χ3v) is 3.12. The predicted molar refractivity (Wildman–Crippen MR) is 108 cm³/mol. The van der Waals surface area contributed by atoms with Crippen LogP contribution in [-0.2, 0) is 0 Å². The van der Waals surface area contributed by atoms with Crippen LogP contribution in [0, 0.1) is 24.7 Å². The molecule has 0 aliphatic rings. The Balaban J connectivity index is 1.81. The van der Waals surface area contributed by atoms with E-state index < -0.39 is 6.03 Å². The highest BCUT2D eigenvalue weighted by Crippen LogP contribution is 2.12. The summed E-state index contributed by atoms with van der Waals surface area (Å²) in [4.78, 5) is 11.7. The summed E-state index contributed by atoms with van der Waals surface area (Å²) in [7, 11) is 0. The molecule has 0 aliphatic carbocycles. The van der Waals surface area contributed by atoms with Gasteiger partial charge in [-0.3, -0.25) is 0 Å². The van der Waals surface area contributed by atoms with E-state index in [1.165, 1.54) is 12.4 Å². The van der Waals surface area contributed by atoms with Gasteiger partial charge >= 0.3 is 6.03 Å². The number of nitrogens with zero attached hydrogens (tertiary/aromatic N) is 2. The molecule has 0 heterocycles. The summed E-state index contributed by atoms with van der Waals surface area (Å²) in [6.45, 7) is 0.358. The first kappa shape index (κ1) is 20.1. The van der Waals surface area contributed by atoms with Crippen molar-refractivity contribution < 1.29 is 14.3 Å². The van der Waals surface area contributed by atoms with E-state index in [2.05, 4.69) is 32.9 Å². The molecule has 28 heavy (non-hydrogen) atoms. The molecular weight excluding hydrogens is 356 g/mol. The lowest BCUT2D eigenvalue weighted by molar-refractivity contribution is 0.242. The molecule has 2 rings (SSSR count). The van der Waals surface area contributed by atoms with Crippen molar-refractivity contribution in [1.82, 2.24) is 10.9 Å². The number of carbonyl (C=O) groups excluding carboxylic acids is 1. The molecule has 2 amide bonds. The van der Waals surface area contributed by atoms with Crippen molar-refractivity contribution in [3.05, 3.63) is 59.7 Å². The van der Waals surface area contributed by atoms with Crippen molar-refractivity contribution in [2.45, 2.75) is 0 Å². The summed E-state index contributed by atoms with van der Waals surface area (Å²) in [6, 6.07) is 13.6. The Kier molecular flexibility index (Phi) is 8.18. The van der Waals surface area contributed by atoms with Gasteiger partial charge in [0.25, 0.3) is 0 Å². The Morgan fingerprint density at radius 2 is 1.36 bits per heavy atom. The normalized spacial score (nSPS) is 10.2. The topological polar surface area (TPSA) is 84.3 Å². The summed E-state index contributed by atoms with van der Waals surface area (Å²) >= 11 is 0. The number of amides is 2. The largest absolute Gasteiger partial charge is 0.481 e. The zero-order chi connectivity index (χ0) is 20.0. The minimum Gasteiger partial charge on any atom is -0.481 e. The zero-order valence-electron chi connectivity index (χ0n) is 15.0. The Morgan fingerprint density at radius 3 is 1.79 bits per heavy atom. The van der Waals surface area contributed by atoms with Crippen LogP contribution in [-0.4, -0.2) is 31.7 Å². The molecule has 0 atom stereocenters. The molecule has 140 valence electrons. The molecule has 0 spiro atoms. The molecule has 0 saturated heterocycles. The second kappa shape index (κ2) is 11.4. The monoisotopic (exact) mass is 374 g/mol. The highest BCUT2D eigenvalue weighted by atomic mass is 16.5. The standard InChI is InChI=1S/C21H18N4O3/c1-3-11-27-19-9-5-7-17(13-19)15-22-24-21(26)25-23-16-18-8-6-10-20(14-18)28-12-4-2/h1-2,5-10,13-16H,11-12H2,(H2,24,25,26)/b22-15-,23-16+. The molecule has 0 aliphatic heterocycles. The summed E-state index contributed by atoms with van der Waals surface area (Å²) in [5.74, 6) is 6.01. The maximum atomic E-state index is 11.7. The lowest BCUT2D eigenvalue weighted by Gasteiger charge is -2.03. The fourth-order valence-corrected chi connectivity index (χ4v) is 1.98. The molecule has 0 aromatic heterocycles. The van der Waals surface area contributed by atoms with Gasteiger partial charge in [0.2, 0.25) is 0 Å². The first-order valence-electron chi connectivity index (χ1n) is 8.16. The lowest BCUT2D eigenvalue weighted by Crippen LogP contribution is -2.28. The van der Waals surface area contributed by atoms with Crippen molar-refractivity contribution in [2.24, 2.45) is 10.2 Å². The summed E-state index contributed by atoms with van der Waals surface area (Å²) in [5.41, 5.74) is 6.09. The average molecular weight is 374 g/mol. The van der Waals surface area contributed by atoms with Crippen LogP contribution in [0.5, 0.6) is 11.5 Å². The van der Waals surface area contributed by atoms with E-state index in [1.54, 1.807) is 48.5 Å². The second-order valence-corrected chi connectivity index (χ2v) is 5.20. The van der Waals surface area contributed by atoms with Gasteiger partial charge in [0.05, 0.1) is 12.4 Å². The molecule has 7 nitrogen and oxygen atoms in total. The van der Waals surface area contributed by atoms with Crippen molar-refractivity contribution >= 4 is 18.5 Å². The number of hydrogen-bond acceptors (Lipinski definition) is 5. The minimum absolute atomic E-state index is 0.179. The smallest absolute Gasteiger partial charge is 0.355 e. The van der Waals surface area contributed by atoms with Crippen LogP contribution in [0.3, 0.4) is 0 Å². The van der Waals surface area contributed by atoms with Gasteiger partial charge in [-0.15, -0.1) is 12.8 Å². The van der Waals surface area contributed by atoms with Crippen LogP contribution in [0.2, 0.25) is 0 Å². The zero-order valence-corrected chi connectivity index (χ0v) is 15.0. The van der Waals surface area contributed by atoms with Gasteiger partial charge < -0.3 is 9.47 Å². The number of urea groups is 1. The lowest BCUT2D eigenvalue weighted by atomic mass is 10.2. The van der Waals surface area contributed by atoms with Crippen LogP contribution < -0.4 is 20.3 Å². The Labute approximate surface area is 163 Å². The third-order valence-electron chi connectivity index (χ3n) is 3.12. The maximum absolute atomic E-state index is 11.7. The summed E-state index contributed by atoms with van der Waals surface area (Å²) in [6.07, 6.45) is 13.2. The maximum Gasteiger partial charge on any atom is 0.355 e. The number of rotatable bonds is 8. The second-order valence-electron chi connectivity index (χ2n) is 5.20. The molecule has 7 heteroatoms. The van der Waals surface area contributed by atoms with Gasteiger partial charge in [0.15, 0.2) is 0 Å². The molecule has 2 aromatic rings. The van der Waals surface area contributed by atoms with Crippen molar-refractivity contribution in [1.29, 1.82) is 0 Å². The number of nitrogens with one attached hydrogen (secondary N) is 2. The molecule has 0 saturated carbocycles. The summed E-state index contributed by atoms with van der Waals surface area (Å²) < 4.78 is 10.6. The first-order valence-corrected chi connectivity index (χ1v) is 8.16. The number of hydrogen-bond donors (Lipinski definition) is 2. The quantitative estimate of drug-likeness (QED) is 0.423. The number of ether oxygens (including phenoxy) is 2. The third kappa shape index (κ3) is 7.34. The van der Waals surface area contributed by atoms with Crippen LogP contribution in [0.4, 0.5) is 4.79 Å². The molecule has 0 bridgehead atoms. The highest BCUT2D eigenvalue weighted by molar-refractivity contribution is 5.84. The average Bonchev–Trinajstić information content (AvgIpc) is 2.71. The molecular formula is C21H18N4O3. The van der Waals surface area contributed by atoms with Gasteiger partial charge in [0.1, 0.15) is 24.7 Å². The van der Waals surface area contributed by atoms with E-state index in [0.29, 0.717) is 11.5 Å². The number of benzene rings is 2. The molecule has 0 fully saturated rings. The molecule has 2 N–H and O–H groups in total. The minimum atomic E-state index is -0.591. The molecule has 0 radical (unpaired) electrons. The Bertz CT molecular complexity index is 864. The fraction of sp³-hybridized carbons (Fsp3) is 0.0952. The molecule has 0 unspecified atom stereocenters. The van der Waals surface area contributed by atoms with E-state index in [-0.39, 0.29) is 13.2 Å². The number of carbonyl (C=O) groups is 1. The fourth-order valence-electron chi connectivity index (χ4n) is 1.98. The van der Waals surface area contributed by atoms with E-state index in [9.17, 15) is 4.79 Å². The first-order chi connectivity index (χ1) is 13.7. The van der Waals surface area contributed by atoms with Crippen LogP contribution in [0.25, 0.3) is 0 Å². The van der Waals surface area contributed by atoms with Crippen molar-refractivity contribution in [3.63, 3.8) is 0 Å². The Morgan fingerprint density at radius 1 is 0.893 bits per heavy atom. The van der Waals surface area contributed by atoms with Gasteiger partial charge in [-0.05, 0) is 35.4 Å². The van der Waals surface area contributed by atoms with Crippen LogP contribution in [0.1, 0.15) is 11.1 Å². The van der Waals surface area contributed by atoms with Gasteiger partial charge in [-0.25, -0.2) is 15.6 Å². The van der Waals surface area contributed by atoms with E-state index in [0.717, 1.165) is 11.1 Å². The SMILES string of the molecule is C#CCOc1cccc(/C=N\NC(=O)N/N=C/c2cccc(OCC#C)c2)c1. The van der Waals surface area contributed by atoms with Crippen molar-refractivity contribution in [3.8, 4) is 36.2 Å². The number of hydrazone groups is 2. The van der Waals surface area contributed by atoms with Gasteiger partial charge in [-0.1, -0.05) is 36.1 Å². The number of terminal acetylenes is 2. The van der Waals surface area contributed by atoms with Gasteiger partial charge in [-0.2, -0.15) is 10.2 Å². The highest BCUT2D eigenvalue weighted by Gasteiger charge is 1.97. The van der Waals surface area contributed by atoms with E-state index in [4.69, 9.17) is 22.3 Å². The van der Waals surface area contributed by atoms with Crippen molar-refractivity contribution in [2.75, 3.05) is 13.2 Å². The van der Waals surface area contributed by atoms with E-state index in [1.807, 2.05) is 0 Å². The van der Waals surface area contributed by atoms with Gasteiger partial charge in [0, 0.05) is 0 Å².